The van der Waals surface area contributed by atoms with Gasteiger partial charge in [0.05, 0.1) is 17.4 Å². The lowest BCUT2D eigenvalue weighted by Gasteiger charge is -2.37. The number of hydrogen-bond acceptors (Lipinski definition) is 4. The van der Waals surface area contributed by atoms with E-state index in [0.29, 0.717) is 17.8 Å². The molecule has 0 radical (unpaired) electrons. The fraction of sp³-hybridized carbons (Fsp3) is 0.571. The second-order valence-electron chi connectivity index (χ2n) is 5.90. The molecule has 2 rings (SSSR count). The number of carbonyl (C=O) groups excluding carboxylic acids is 1. The van der Waals surface area contributed by atoms with Crippen LogP contribution in [0.3, 0.4) is 0 Å². The van der Waals surface area contributed by atoms with Gasteiger partial charge in [-0.05, 0) is 44.5 Å². The highest BCUT2D eigenvalue weighted by molar-refractivity contribution is 6.32. The number of nitrogen functional groups attached to an aromatic ring is 1. The Morgan fingerprint density at radius 1 is 1.55 bits per heavy atom. The van der Waals surface area contributed by atoms with E-state index in [1.165, 1.54) is 6.20 Å². The summed E-state index contributed by atoms with van der Waals surface area (Å²) in [4.78, 5) is 18.4. The fourth-order valence-electron chi connectivity index (χ4n) is 2.35. The van der Waals surface area contributed by atoms with Crippen LogP contribution in [0.5, 0.6) is 0 Å². The molecule has 0 unspecified atom stereocenters. The van der Waals surface area contributed by atoms with Crippen molar-refractivity contribution in [2.45, 2.75) is 19.8 Å². The number of likely N-dealkylation sites (tertiary alicyclic amines) is 1. The molecule has 0 atom stereocenters. The van der Waals surface area contributed by atoms with Crippen LogP contribution in [0.1, 0.15) is 30.1 Å². The van der Waals surface area contributed by atoms with E-state index in [1.54, 1.807) is 6.07 Å². The van der Waals surface area contributed by atoms with Gasteiger partial charge < -0.3 is 16.0 Å². The van der Waals surface area contributed by atoms with Crippen LogP contribution < -0.4 is 11.1 Å². The van der Waals surface area contributed by atoms with Crippen LogP contribution in [-0.2, 0) is 0 Å². The number of anilines is 1. The van der Waals surface area contributed by atoms with Crippen molar-refractivity contribution in [3.05, 3.63) is 23.0 Å². The number of piperidine rings is 1. The van der Waals surface area contributed by atoms with Gasteiger partial charge in [0.25, 0.3) is 5.91 Å². The number of nitrogens with one attached hydrogen (secondary N) is 1. The van der Waals surface area contributed by atoms with Gasteiger partial charge in [-0.3, -0.25) is 4.79 Å². The highest BCUT2D eigenvalue weighted by Crippen LogP contribution is 2.29. The minimum atomic E-state index is -0.213. The summed E-state index contributed by atoms with van der Waals surface area (Å²) in [5.41, 5.74) is 6.55. The Labute approximate surface area is 124 Å². The lowest BCUT2D eigenvalue weighted by atomic mass is 9.80. The molecule has 1 aromatic heterocycles. The van der Waals surface area contributed by atoms with Gasteiger partial charge in [-0.1, -0.05) is 18.5 Å². The third-order valence-corrected chi connectivity index (χ3v) is 4.28. The molecule has 0 saturated carbocycles. The van der Waals surface area contributed by atoms with E-state index < -0.39 is 0 Å². The summed E-state index contributed by atoms with van der Waals surface area (Å²) in [6.07, 6.45) is 3.59. The number of pyridine rings is 1. The van der Waals surface area contributed by atoms with E-state index in [9.17, 15) is 4.79 Å². The molecule has 0 spiro atoms. The van der Waals surface area contributed by atoms with Gasteiger partial charge in [-0.2, -0.15) is 0 Å². The Morgan fingerprint density at radius 2 is 2.20 bits per heavy atom. The van der Waals surface area contributed by atoms with E-state index in [-0.39, 0.29) is 16.5 Å². The van der Waals surface area contributed by atoms with Crippen molar-refractivity contribution in [2.24, 2.45) is 5.41 Å². The van der Waals surface area contributed by atoms with E-state index in [0.717, 1.165) is 25.9 Å². The number of halogens is 1. The number of nitrogens with two attached hydrogens (primary N) is 1. The van der Waals surface area contributed by atoms with E-state index in [2.05, 4.69) is 29.2 Å². The lowest BCUT2D eigenvalue weighted by Crippen LogP contribution is -2.43. The zero-order valence-electron chi connectivity index (χ0n) is 11.9. The van der Waals surface area contributed by atoms with Gasteiger partial charge >= 0.3 is 0 Å². The Balaban J connectivity index is 1.97. The molecule has 6 heteroatoms. The van der Waals surface area contributed by atoms with Crippen molar-refractivity contribution in [2.75, 3.05) is 32.4 Å². The molecule has 1 fully saturated rings. The molecule has 3 N–H and O–H groups in total. The maximum atomic E-state index is 12.2. The number of hydrogen-bond donors (Lipinski definition) is 2. The summed E-state index contributed by atoms with van der Waals surface area (Å²) in [7, 11) is 2.12. The Morgan fingerprint density at radius 3 is 2.85 bits per heavy atom. The third kappa shape index (κ3) is 3.61. The SMILES string of the molecule is CN1CCC(C)(CNC(=O)c2cc(N)cnc2Cl)CC1. The predicted molar refractivity (Wildman–Crippen MR) is 80.8 cm³/mol. The monoisotopic (exact) mass is 296 g/mol. The maximum absolute atomic E-state index is 12.2. The molecule has 0 aromatic carbocycles. The third-order valence-electron chi connectivity index (χ3n) is 3.97. The molecule has 2 heterocycles. The van der Waals surface area contributed by atoms with E-state index >= 15 is 0 Å². The van der Waals surface area contributed by atoms with E-state index in [1.807, 2.05) is 0 Å². The average Bonchev–Trinajstić information content (AvgIpc) is 2.43. The second kappa shape index (κ2) is 5.97. The number of aromatic nitrogens is 1. The molecule has 5 nitrogen and oxygen atoms in total. The number of carbonyl (C=O) groups is 1. The minimum Gasteiger partial charge on any atom is -0.397 e. The first-order chi connectivity index (χ1) is 9.39. The quantitative estimate of drug-likeness (QED) is 0.834. The molecular weight excluding hydrogens is 276 g/mol. The topological polar surface area (TPSA) is 71.2 Å². The largest absolute Gasteiger partial charge is 0.397 e. The summed E-state index contributed by atoms with van der Waals surface area (Å²) in [5, 5.41) is 3.14. The number of amides is 1. The molecule has 1 aromatic rings. The molecule has 0 aliphatic carbocycles. The first kappa shape index (κ1) is 15.1. The van der Waals surface area contributed by atoms with Crippen LogP contribution in [0.15, 0.2) is 12.3 Å². The number of nitrogens with zero attached hydrogens (tertiary/aromatic N) is 2. The molecular formula is C14H21ClN4O. The molecule has 1 amide bonds. The van der Waals surface area contributed by atoms with Crippen molar-refractivity contribution >= 4 is 23.2 Å². The van der Waals surface area contributed by atoms with Gasteiger partial charge in [0, 0.05) is 6.54 Å². The van der Waals surface area contributed by atoms with Crippen LogP contribution >= 0.6 is 11.6 Å². The van der Waals surface area contributed by atoms with Crippen LogP contribution in [0.25, 0.3) is 0 Å². The smallest absolute Gasteiger partial charge is 0.254 e. The van der Waals surface area contributed by atoms with Crippen molar-refractivity contribution < 1.29 is 4.79 Å². The van der Waals surface area contributed by atoms with Crippen molar-refractivity contribution in [3.8, 4) is 0 Å². The highest BCUT2D eigenvalue weighted by atomic mass is 35.5. The molecule has 1 aliphatic rings. The first-order valence-corrected chi connectivity index (χ1v) is 7.15. The molecule has 1 aliphatic heterocycles. The van der Waals surface area contributed by atoms with Crippen LogP contribution in [0.4, 0.5) is 5.69 Å². The summed E-state index contributed by atoms with van der Waals surface area (Å²) >= 11 is 5.93. The van der Waals surface area contributed by atoms with Gasteiger partial charge in [0.15, 0.2) is 0 Å². The predicted octanol–water partition coefficient (Wildman–Crippen LogP) is 1.78. The Kier molecular flexibility index (Phi) is 4.50. The fourth-order valence-corrected chi connectivity index (χ4v) is 2.54. The Bertz CT molecular complexity index is 498. The highest BCUT2D eigenvalue weighted by Gasteiger charge is 2.29. The maximum Gasteiger partial charge on any atom is 0.254 e. The zero-order chi connectivity index (χ0) is 14.8. The van der Waals surface area contributed by atoms with Crippen molar-refractivity contribution in [3.63, 3.8) is 0 Å². The standard InChI is InChI=1S/C14H21ClN4O/c1-14(3-5-19(2)6-4-14)9-18-13(20)11-7-10(16)8-17-12(11)15/h7-8H,3-6,9,16H2,1-2H3,(H,18,20). The summed E-state index contributed by atoms with van der Waals surface area (Å²) < 4.78 is 0. The average molecular weight is 297 g/mol. The summed E-state index contributed by atoms with van der Waals surface area (Å²) in [5.74, 6) is -0.213. The summed E-state index contributed by atoms with van der Waals surface area (Å²) in [6.45, 7) is 4.98. The molecule has 110 valence electrons. The van der Waals surface area contributed by atoms with E-state index in [4.69, 9.17) is 17.3 Å². The van der Waals surface area contributed by atoms with Gasteiger partial charge in [0.2, 0.25) is 0 Å². The van der Waals surface area contributed by atoms with Gasteiger partial charge in [-0.25, -0.2) is 4.98 Å². The van der Waals surface area contributed by atoms with Crippen molar-refractivity contribution in [1.29, 1.82) is 0 Å². The molecule has 20 heavy (non-hydrogen) atoms. The van der Waals surface area contributed by atoms with Crippen LogP contribution in [-0.4, -0.2) is 42.5 Å². The van der Waals surface area contributed by atoms with Crippen LogP contribution in [0.2, 0.25) is 5.15 Å². The molecule has 0 bridgehead atoms. The normalized spacial score (nSPS) is 18.8. The number of rotatable bonds is 3. The van der Waals surface area contributed by atoms with Gasteiger partial charge in [-0.15, -0.1) is 0 Å². The molecule has 1 saturated heterocycles. The summed E-state index contributed by atoms with van der Waals surface area (Å²) in [6, 6.07) is 1.56. The second-order valence-corrected chi connectivity index (χ2v) is 6.26. The minimum absolute atomic E-state index is 0.141. The zero-order valence-corrected chi connectivity index (χ0v) is 12.7. The van der Waals surface area contributed by atoms with Crippen molar-refractivity contribution in [1.82, 2.24) is 15.2 Å². The van der Waals surface area contributed by atoms with Crippen LogP contribution in [0, 0.1) is 5.41 Å². The first-order valence-electron chi connectivity index (χ1n) is 6.77. The van der Waals surface area contributed by atoms with Gasteiger partial charge in [0.1, 0.15) is 5.15 Å². The Hall–Kier alpha value is -1.33. The lowest BCUT2D eigenvalue weighted by molar-refractivity contribution is 0.0891.